The number of hydrogen-bond acceptors (Lipinski definition) is 6. The monoisotopic (exact) mass is 396 g/mol. The van der Waals surface area contributed by atoms with Crippen molar-refractivity contribution in [2.75, 3.05) is 13.6 Å². The maximum absolute atomic E-state index is 12.7. The molecular weight excluding hydrogens is 372 g/mol. The van der Waals surface area contributed by atoms with E-state index in [4.69, 9.17) is 4.84 Å². The molecule has 2 N–H and O–H groups in total. The summed E-state index contributed by atoms with van der Waals surface area (Å²) >= 11 is 0. The number of hydrogen-bond donors (Lipinski definition) is 2. The molecule has 0 saturated carbocycles. The second-order valence-electron chi connectivity index (χ2n) is 6.85. The van der Waals surface area contributed by atoms with Crippen LogP contribution in [0.1, 0.15) is 42.5 Å². The highest BCUT2D eigenvalue weighted by Gasteiger charge is 2.26. The Morgan fingerprint density at radius 1 is 1.28 bits per heavy atom. The second kappa shape index (κ2) is 9.79. The van der Waals surface area contributed by atoms with Gasteiger partial charge in [-0.25, -0.2) is 9.79 Å². The molecule has 152 valence electrons. The van der Waals surface area contributed by atoms with Gasteiger partial charge in [-0.15, -0.1) is 0 Å². The Bertz CT molecular complexity index is 874. The van der Waals surface area contributed by atoms with Crippen molar-refractivity contribution < 1.29 is 19.2 Å². The van der Waals surface area contributed by atoms with Crippen LogP contribution in [-0.2, 0) is 14.4 Å². The van der Waals surface area contributed by atoms with Gasteiger partial charge < -0.3 is 10.2 Å². The Balaban J connectivity index is 1.76. The average molecular weight is 396 g/mol. The number of allylic oxidation sites excluding steroid dienone is 1. The van der Waals surface area contributed by atoms with Gasteiger partial charge in [-0.05, 0) is 44.2 Å². The Morgan fingerprint density at radius 2 is 2.07 bits per heavy atom. The summed E-state index contributed by atoms with van der Waals surface area (Å²) in [6, 6.07) is 8.43. The Labute approximate surface area is 169 Å². The van der Waals surface area contributed by atoms with Crippen LogP contribution < -0.4 is 10.9 Å². The molecule has 1 aliphatic heterocycles. The molecule has 0 atom stereocenters. The number of likely N-dealkylation sites (N-methyl/N-ethyl adjacent to an activating group) is 1. The molecule has 1 aromatic carbocycles. The van der Waals surface area contributed by atoms with Crippen LogP contribution in [0.15, 0.2) is 58.7 Å². The summed E-state index contributed by atoms with van der Waals surface area (Å²) in [4.78, 5) is 45.7. The molecule has 0 bridgehead atoms. The van der Waals surface area contributed by atoms with Crippen LogP contribution in [0, 0.1) is 0 Å². The quantitative estimate of drug-likeness (QED) is 0.434. The van der Waals surface area contributed by atoms with Crippen LogP contribution in [0.4, 0.5) is 0 Å². The van der Waals surface area contributed by atoms with Crippen LogP contribution in [0.2, 0.25) is 0 Å². The third-order valence-corrected chi connectivity index (χ3v) is 4.71. The maximum Gasteiger partial charge on any atom is 0.376 e. The molecular formula is C21H24N4O4. The van der Waals surface area contributed by atoms with E-state index in [-0.39, 0.29) is 11.4 Å². The third-order valence-electron chi connectivity index (χ3n) is 4.71. The molecule has 1 aliphatic carbocycles. The van der Waals surface area contributed by atoms with E-state index in [1.54, 1.807) is 37.4 Å². The zero-order valence-corrected chi connectivity index (χ0v) is 16.3. The summed E-state index contributed by atoms with van der Waals surface area (Å²) in [5.74, 6) is -1.75. The Hall–Kier alpha value is -3.26. The summed E-state index contributed by atoms with van der Waals surface area (Å²) in [7, 11) is 1.56. The van der Waals surface area contributed by atoms with E-state index in [9.17, 15) is 14.4 Å². The van der Waals surface area contributed by atoms with Gasteiger partial charge >= 0.3 is 5.97 Å². The van der Waals surface area contributed by atoms with Crippen molar-refractivity contribution in [3.8, 4) is 0 Å². The highest BCUT2D eigenvalue weighted by atomic mass is 16.7. The number of rotatable bonds is 6. The number of aliphatic imine (C=N–C) groups is 1. The molecule has 0 spiro atoms. The number of benzene rings is 1. The van der Waals surface area contributed by atoms with E-state index in [0.717, 1.165) is 19.3 Å². The fraction of sp³-hybridized carbons (Fsp3) is 0.333. The number of hydrazine groups is 1. The molecule has 0 radical (unpaired) electrons. The first-order valence-corrected chi connectivity index (χ1v) is 9.61. The van der Waals surface area contributed by atoms with Crippen LogP contribution >= 0.6 is 0 Å². The zero-order valence-electron chi connectivity index (χ0n) is 16.3. The predicted molar refractivity (Wildman–Crippen MR) is 107 cm³/mol. The predicted octanol–water partition coefficient (Wildman–Crippen LogP) is 2.07. The lowest BCUT2D eigenvalue weighted by atomic mass is 9.97. The topological polar surface area (TPSA) is 100 Å². The van der Waals surface area contributed by atoms with Crippen molar-refractivity contribution in [1.29, 1.82) is 0 Å². The van der Waals surface area contributed by atoms with Crippen LogP contribution in [0.3, 0.4) is 0 Å². The Kier molecular flexibility index (Phi) is 6.91. The molecule has 8 nitrogen and oxygen atoms in total. The zero-order chi connectivity index (χ0) is 20.6. The van der Waals surface area contributed by atoms with Gasteiger partial charge in [-0.2, -0.15) is 0 Å². The van der Waals surface area contributed by atoms with Gasteiger partial charge in [0.2, 0.25) is 0 Å². The molecule has 29 heavy (non-hydrogen) atoms. The van der Waals surface area contributed by atoms with Gasteiger partial charge in [-0.1, -0.05) is 35.4 Å². The van der Waals surface area contributed by atoms with Crippen molar-refractivity contribution in [3.63, 3.8) is 0 Å². The molecule has 1 heterocycles. The summed E-state index contributed by atoms with van der Waals surface area (Å²) in [5.41, 5.74) is 3.98. The van der Waals surface area contributed by atoms with E-state index in [0.29, 0.717) is 12.1 Å². The van der Waals surface area contributed by atoms with Crippen LogP contribution in [-0.4, -0.2) is 42.1 Å². The number of amides is 2. The number of carbonyl (C=O) groups is 3. The minimum Gasteiger partial charge on any atom is -0.350 e. The molecule has 1 fully saturated rings. The summed E-state index contributed by atoms with van der Waals surface area (Å²) in [6.45, 7) is 0.435. The smallest absolute Gasteiger partial charge is 0.350 e. The van der Waals surface area contributed by atoms with E-state index < -0.39 is 17.8 Å². The number of nitrogens with one attached hydrogen (secondary N) is 2. The van der Waals surface area contributed by atoms with E-state index in [1.165, 1.54) is 29.5 Å². The maximum atomic E-state index is 12.7. The molecule has 0 unspecified atom stereocenters. The van der Waals surface area contributed by atoms with Crippen LogP contribution in [0.5, 0.6) is 0 Å². The van der Waals surface area contributed by atoms with Gasteiger partial charge in [0.25, 0.3) is 11.8 Å². The summed E-state index contributed by atoms with van der Waals surface area (Å²) in [5, 5.41) is 4.10. The van der Waals surface area contributed by atoms with Gasteiger partial charge in [0.15, 0.2) is 0 Å². The van der Waals surface area contributed by atoms with E-state index in [2.05, 4.69) is 22.0 Å². The lowest BCUT2D eigenvalue weighted by molar-refractivity contribution is -0.142. The van der Waals surface area contributed by atoms with Gasteiger partial charge in [0.1, 0.15) is 11.4 Å². The fourth-order valence-corrected chi connectivity index (χ4v) is 3.10. The molecule has 2 aliphatic rings. The molecule has 0 aromatic heterocycles. The highest BCUT2D eigenvalue weighted by Crippen LogP contribution is 2.19. The standard InChI is InChI=1S/C21H24N4O4/c1-25-18(21(28)29-24-25)14-17(23-19(26)16-10-6-3-7-11-16)20(27)22-13-12-15-8-4-2-5-9-15/h3,6-8,10-11,14,24H,2,4-5,9,12-13H2,1H3,(H,22,27)/b18-14+,23-17?. The minimum atomic E-state index is -0.660. The molecule has 1 saturated heterocycles. The molecule has 2 amide bonds. The molecule has 3 rings (SSSR count). The normalized spacial score (nSPS) is 18.4. The number of carbonyl (C=O) groups excluding carboxylic acids is 3. The van der Waals surface area contributed by atoms with E-state index in [1.807, 2.05) is 0 Å². The van der Waals surface area contributed by atoms with Crippen molar-refractivity contribution in [1.82, 2.24) is 15.9 Å². The molecule has 8 heteroatoms. The van der Waals surface area contributed by atoms with Crippen molar-refractivity contribution in [2.24, 2.45) is 4.99 Å². The minimum absolute atomic E-state index is 0.0785. The van der Waals surface area contributed by atoms with Gasteiger partial charge in [0.05, 0.1) is 0 Å². The first-order chi connectivity index (χ1) is 14.0. The lowest BCUT2D eigenvalue weighted by Gasteiger charge is -2.13. The number of nitrogens with zero attached hydrogens (tertiary/aromatic N) is 2. The SMILES string of the molecule is CN1NOC(=O)/C1=C\C(=NC(=O)c1ccccc1)C(=O)NCCC1=CCCCC1. The van der Waals surface area contributed by atoms with Gasteiger partial charge in [0, 0.05) is 25.2 Å². The van der Waals surface area contributed by atoms with Crippen molar-refractivity contribution >= 4 is 23.5 Å². The van der Waals surface area contributed by atoms with Gasteiger partial charge in [-0.3, -0.25) is 14.6 Å². The summed E-state index contributed by atoms with van der Waals surface area (Å²) in [6.07, 6.45) is 8.74. The molecule has 1 aromatic rings. The first-order valence-electron chi connectivity index (χ1n) is 9.61. The summed E-state index contributed by atoms with van der Waals surface area (Å²) < 4.78 is 0. The lowest BCUT2D eigenvalue weighted by Crippen LogP contribution is -2.33. The Morgan fingerprint density at radius 3 is 2.72 bits per heavy atom. The second-order valence-corrected chi connectivity index (χ2v) is 6.85. The highest BCUT2D eigenvalue weighted by molar-refractivity contribution is 6.45. The third kappa shape index (κ3) is 5.61. The van der Waals surface area contributed by atoms with Crippen molar-refractivity contribution in [2.45, 2.75) is 32.1 Å². The largest absolute Gasteiger partial charge is 0.376 e. The average Bonchev–Trinajstić information content (AvgIpc) is 3.06. The first kappa shape index (κ1) is 20.5. The van der Waals surface area contributed by atoms with Crippen molar-refractivity contribution in [3.05, 3.63) is 59.3 Å². The fourth-order valence-electron chi connectivity index (χ4n) is 3.10. The van der Waals surface area contributed by atoms with Crippen LogP contribution in [0.25, 0.3) is 0 Å². The van der Waals surface area contributed by atoms with E-state index >= 15 is 0 Å².